The molecule has 5 heteroatoms. The number of likely N-dealkylation sites (N-methyl/N-ethyl adjacent to an activating group) is 1. The standard InChI is InChI=1S/C19H23FN2O2/c1-4-24-16-11-9-15(10-12-16)13-22(3)14(2)19(23)21-18-8-6-5-7-17(18)20/h5-12,14H,4,13H2,1-3H3,(H,21,23)/t14-/m1/s1. The monoisotopic (exact) mass is 330 g/mol. The number of hydrogen-bond donors (Lipinski definition) is 1. The smallest absolute Gasteiger partial charge is 0.241 e. The van der Waals surface area contributed by atoms with Crippen molar-refractivity contribution in [1.82, 2.24) is 4.90 Å². The highest BCUT2D eigenvalue weighted by Crippen LogP contribution is 2.16. The lowest BCUT2D eigenvalue weighted by molar-refractivity contribution is -0.120. The van der Waals surface area contributed by atoms with E-state index in [9.17, 15) is 9.18 Å². The average Bonchev–Trinajstić information content (AvgIpc) is 2.58. The van der Waals surface area contributed by atoms with E-state index in [-0.39, 0.29) is 11.6 Å². The third-order valence-electron chi connectivity index (χ3n) is 3.84. The number of carbonyl (C=O) groups is 1. The number of amides is 1. The maximum atomic E-state index is 13.6. The summed E-state index contributed by atoms with van der Waals surface area (Å²) in [6.07, 6.45) is 0. The van der Waals surface area contributed by atoms with Gasteiger partial charge in [-0.05, 0) is 50.7 Å². The van der Waals surface area contributed by atoms with Crippen LogP contribution in [-0.4, -0.2) is 30.5 Å². The van der Waals surface area contributed by atoms with Crippen molar-refractivity contribution in [3.63, 3.8) is 0 Å². The van der Waals surface area contributed by atoms with Crippen molar-refractivity contribution in [2.24, 2.45) is 0 Å². The van der Waals surface area contributed by atoms with E-state index in [1.54, 1.807) is 25.1 Å². The van der Waals surface area contributed by atoms with Crippen LogP contribution in [-0.2, 0) is 11.3 Å². The Morgan fingerprint density at radius 1 is 1.21 bits per heavy atom. The second kappa shape index (κ2) is 8.45. The van der Waals surface area contributed by atoms with Gasteiger partial charge in [0.25, 0.3) is 0 Å². The van der Waals surface area contributed by atoms with Gasteiger partial charge in [0.2, 0.25) is 5.91 Å². The topological polar surface area (TPSA) is 41.6 Å². The van der Waals surface area contributed by atoms with E-state index in [1.807, 2.05) is 43.1 Å². The molecule has 2 aromatic rings. The van der Waals surface area contributed by atoms with Crippen molar-refractivity contribution >= 4 is 11.6 Å². The summed E-state index contributed by atoms with van der Waals surface area (Å²) in [5.74, 6) is 0.148. The van der Waals surface area contributed by atoms with E-state index < -0.39 is 11.9 Å². The van der Waals surface area contributed by atoms with Crippen molar-refractivity contribution in [2.75, 3.05) is 19.0 Å². The van der Waals surface area contributed by atoms with Gasteiger partial charge in [0.15, 0.2) is 0 Å². The lowest BCUT2D eigenvalue weighted by Crippen LogP contribution is -2.39. The van der Waals surface area contributed by atoms with E-state index in [2.05, 4.69) is 5.32 Å². The summed E-state index contributed by atoms with van der Waals surface area (Å²) in [7, 11) is 1.86. The third-order valence-corrected chi connectivity index (χ3v) is 3.84. The summed E-state index contributed by atoms with van der Waals surface area (Å²) in [5.41, 5.74) is 1.27. The molecule has 0 fully saturated rings. The first-order valence-electron chi connectivity index (χ1n) is 7.98. The number of para-hydroxylation sites is 1. The van der Waals surface area contributed by atoms with E-state index in [0.717, 1.165) is 11.3 Å². The van der Waals surface area contributed by atoms with E-state index in [1.165, 1.54) is 6.07 Å². The van der Waals surface area contributed by atoms with Gasteiger partial charge >= 0.3 is 0 Å². The predicted octanol–water partition coefficient (Wildman–Crippen LogP) is 3.68. The Hall–Kier alpha value is -2.40. The van der Waals surface area contributed by atoms with E-state index in [0.29, 0.717) is 13.2 Å². The van der Waals surface area contributed by atoms with Crippen LogP contribution in [0, 0.1) is 5.82 Å². The van der Waals surface area contributed by atoms with Crippen LogP contribution in [0.25, 0.3) is 0 Å². The van der Waals surface area contributed by atoms with Crippen molar-refractivity contribution in [3.05, 3.63) is 59.9 Å². The van der Waals surface area contributed by atoms with Gasteiger partial charge in [-0.2, -0.15) is 0 Å². The lowest BCUT2D eigenvalue weighted by Gasteiger charge is -2.24. The van der Waals surface area contributed by atoms with Crippen molar-refractivity contribution in [1.29, 1.82) is 0 Å². The Bertz CT molecular complexity index is 673. The summed E-state index contributed by atoms with van der Waals surface area (Å²) in [6.45, 7) is 4.98. The van der Waals surface area contributed by atoms with Gasteiger partial charge in [0.1, 0.15) is 11.6 Å². The number of rotatable bonds is 7. The highest BCUT2D eigenvalue weighted by atomic mass is 19.1. The molecule has 24 heavy (non-hydrogen) atoms. The molecule has 1 atom stereocenters. The molecule has 0 aliphatic rings. The SMILES string of the molecule is CCOc1ccc(CN(C)[C@H](C)C(=O)Nc2ccccc2F)cc1. The first-order valence-corrected chi connectivity index (χ1v) is 7.98. The molecule has 0 radical (unpaired) electrons. The number of hydrogen-bond acceptors (Lipinski definition) is 3. The minimum Gasteiger partial charge on any atom is -0.494 e. The molecular formula is C19H23FN2O2. The second-order valence-electron chi connectivity index (χ2n) is 5.64. The van der Waals surface area contributed by atoms with Gasteiger partial charge in [-0.3, -0.25) is 9.69 Å². The van der Waals surface area contributed by atoms with Crippen LogP contribution >= 0.6 is 0 Å². The molecule has 2 rings (SSSR count). The minimum atomic E-state index is -0.438. The van der Waals surface area contributed by atoms with Crippen LogP contribution in [0.3, 0.4) is 0 Å². The minimum absolute atomic E-state index is 0.198. The molecule has 0 bridgehead atoms. The number of carbonyl (C=O) groups excluding carboxylic acids is 1. The quantitative estimate of drug-likeness (QED) is 0.842. The third kappa shape index (κ3) is 4.80. The molecule has 0 aromatic heterocycles. The highest BCUT2D eigenvalue weighted by molar-refractivity contribution is 5.94. The lowest BCUT2D eigenvalue weighted by atomic mass is 10.1. The maximum absolute atomic E-state index is 13.6. The fourth-order valence-electron chi connectivity index (χ4n) is 2.28. The zero-order valence-electron chi connectivity index (χ0n) is 14.3. The van der Waals surface area contributed by atoms with Gasteiger partial charge in [-0.15, -0.1) is 0 Å². The van der Waals surface area contributed by atoms with Crippen LogP contribution in [0.1, 0.15) is 19.4 Å². The van der Waals surface area contributed by atoms with Crippen molar-refractivity contribution in [3.8, 4) is 5.75 Å². The number of benzene rings is 2. The van der Waals surface area contributed by atoms with E-state index in [4.69, 9.17) is 4.74 Å². The molecule has 0 aliphatic carbocycles. The van der Waals surface area contributed by atoms with Crippen LogP contribution in [0.15, 0.2) is 48.5 Å². The van der Waals surface area contributed by atoms with Crippen LogP contribution in [0.5, 0.6) is 5.75 Å². The average molecular weight is 330 g/mol. The molecule has 4 nitrogen and oxygen atoms in total. The Balaban J connectivity index is 1.94. The van der Waals surface area contributed by atoms with Crippen LogP contribution < -0.4 is 10.1 Å². The van der Waals surface area contributed by atoms with Gasteiger partial charge in [-0.25, -0.2) is 4.39 Å². The number of anilines is 1. The zero-order valence-corrected chi connectivity index (χ0v) is 14.3. The molecular weight excluding hydrogens is 307 g/mol. The summed E-state index contributed by atoms with van der Waals surface area (Å²) >= 11 is 0. The van der Waals surface area contributed by atoms with Crippen LogP contribution in [0.2, 0.25) is 0 Å². The first kappa shape index (κ1) is 17.9. The molecule has 0 heterocycles. The Labute approximate surface area is 142 Å². The fourth-order valence-corrected chi connectivity index (χ4v) is 2.28. The summed E-state index contributed by atoms with van der Waals surface area (Å²) in [4.78, 5) is 14.2. The molecule has 0 saturated heterocycles. The van der Waals surface area contributed by atoms with Crippen molar-refractivity contribution in [2.45, 2.75) is 26.4 Å². The first-order chi connectivity index (χ1) is 11.5. The number of nitrogens with zero attached hydrogens (tertiary/aromatic N) is 1. The number of nitrogens with one attached hydrogen (secondary N) is 1. The molecule has 0 saturated carbocycles. The largest absolute Gasteiger partial charge is 0.494 e. The fraction of sp³-hybridized carbons (Fsp3) is 0.316. The summed E-state index contributed by atoms with van der Waals surface area (Å²) in [6, 6.07) is 13.5. The predicted molar refractivity (Wildman–Crippen MR) is 93.6 cm³/mol. The number of ether oxygens (including phenoxy) is 1. The summed E-state index contributed by atoms with van der Waals surface area (Å²) in [5, 5.41) is 2.63. The van der Waals surface area contributed by atoms with E-state index >= 15 is 0 Å². The highest BCUT2D eigenvalue weighted by Gasteiger charge is 2.19. The second-order valence-corrected chi connectivity index (χ2v) is 5.64. The maximum Gasteiger partial charge on any atom is 0.241 e. The molecule has 2 aromatic carbocycles. The molecule has 1 N–H and O–H groups in total. The Kier molecular flexibility index (Phi) is 6.32. The van der Waals surface area contributed by atoms with Crippen molar-refractivity contribution < 1.29 is 13.9 Å². The Morgan fingerprint density at radius 3 is 2.50 bits per heavy atom. The normalized spacial score (nSPS) is 12.0. The molecule has 0 aliphatic heterocycles. The Morgan fingerprint density at radius 2 is 1.88 bits per heavy atom. The molecule has 1 amide bonds. The van der Waals surface area contributed by atoms with Gasteiger partial charge in [0, 0.05) is 6.54 Å². The summed E-state index contributed by atoms with van der Waals surface area (Å²) < 4.78 is 19.0. The molecule has 128 valence electrons. The van der Waals surface area contributed by atoms with Gasteiger partial charge in [-0.1, -0.05) is 24.3 Å². The van der Waals surface area contributed by atoms with Gasteiger partial charge < -0.3 is 10.1 Å². The van der Waals surface area contributed by atoms with Gasteiger partial charge in [0.05, 0.1) is 18.3 Å². The molecule has 0 unspecified atom stereocenters. The zero-order chi connectivity index (χ0) is 17.5. The van der Waals surface area contributed by atoms with Crippen LogP contribution in [0.4, 0.5) is 10.1 Å². The number of halogens is 1. The molecule has 0 spiro atoms.